The van der Waals surface area contributed by atoms with Crippen molar-refractivity contribution < 1.29 is 49.7 Å². The molecule has 0 radical (unpaired) electrons. The second kappa shape index (κ2) is 22.4. The van der Waals surface area contributed by atoms with Crippen LogP contribution < -0.4 is 27.8 Å². The average molecular weight is 627 g/mol. The largest absolute Gasteiger partial charge is 0.400 e. The van der Waals surface area contributed by atoms with Gasteiger partial charge in [0.1, 0.15) is 12.2 Å². The van der Waals surface area contributed by atoms with Crippen LogP contribution >= 0.6 is 0 Å². The Balaban J connectivity index is 0.000000420. The predicted molar refractivity (Wildman–Crippen MR) is 157 cm³/mol. The number of amides is 1. The molecule has 2 aliphatic carbocycles. The Kier molecular flexibility index (Phi) is 20.8. The summed E-state index contributed by atoms with van der Waals surface area (Å²) in [6, 6.07) is 0.504. The highest BCUT2D eigenvalue weighted by Gasteiger charge is 2.38. The maximum atomic E-state index is 10.4. The minimum Gasteiger partial charge on any atom is -0.400 e. The fraction of sp³-hybridized carbons (Fsp3) is 0.963. The molecule has 16 heteroatoms. The number of aliphatic hydroxyl groups excluding tert-OH is 5. The van der Waals surface area contributed by atoms with Crippen molar-refractivity contribution in [3.63, 3.8) is 0 Å². The Bertz CT molecular complexity index is 701. The lowest BCUT2D eigenvalue weighted by molar-refractivity contribution is -0.237. The van der Waals surface area contributed by atoms with Crippen molar-refractivity contribution in [1.82, 2.24) is 15.7 Å². The summed E-state index contributed by atoms with van der Waals surface area (Å²) in [6.07, 6.45) is 3.65. The first-order valence-corrected chi connectivity index (χ1v) is 15.2. The molecule has 14 N–H and O–H groups in total. The average Bonchev–Trinajstić information content (AvgIpc) is 2.98. The Morgan fingerprint density at radius 3 is 2.21 bits per heavy atom. The third-order valence-electron chi connectivity index (χ3n) is 7.77. The normalized spacial score (nSPS) is 37.1. The fourth-order valence-electron chi connectivity index (χ4n) is 5.36. The van der Waals surface area contributed by atoms with Crippen molar-refractivity contribution in [2.75, 3.05) is 46.9 Å². The lowest BCUT2D eigenvalue weighted by Gasteiger charge is -2.41. The molecule has 1 amide bonds. The van der Waals surface area contributed by atoms with Crippen LogP contribution in [0.5, 0.6) is 0 Å². The highest BCUT2D eigenvalue weighted by molar-refractivity contribution is 5.44. The van der Waals surface area contributed by atoms with E-state index in [1.807, 2.05) is 7.05 Å². The molecule has 0 aromatic heterocycles. The van der Waals surface area contributed by atoms with Crippen LogP contribution in [0.25, 0.3) is 0 Å². The monoisotopic (exact) mass is 626 g/mol. The Morgan fingerprint density at radius 1 is 1.00 bits per heavy atom. The number of carbonyl (C=O) groups excluding carboxylic acids is 1. The molecular formula is C27H58N6O10. The molecule has 0 bridgehead atoms. The number of rotatable bonds is 10. The molecule has 2 aliphatic heterocycles. The highest BCUT2D eigenvalue weighted by atomic mass is 16.7. The number of nitrogens with two attached hydrogens (primary N) is 3. The molecule has 0 aromatic carbocycles. The van der Waals surface area contributed by atoms with E-state index in [0.717, 1.165) is 64.6 Å². The summed E-state index contributed by atoms with van der Waals surface area (Å²) in [7, 11) is 2.91. The summed E-state index contributed by atoms with van der Waals surface area (Å²) >= 11 is 0. The van der Waals surface area contributed by atoms with Gasteiger partial charge in [0.2, 0.25) is 6.41 Å². The van der Waals surface area contributed by atoms with E-state index in [4.69, 9.17) is 52.3 Å². The summed E-state index contributed by atoms with van der Waals surface area (Å²) in [5.74, 6) is 0.723. The van der Waals surface area contributed by atoms with Crippen LogP contribution in [0.15, 0.2) is 0 Å². The van der Waals surface area contributed by atoms with E-state index in [9.17, 15) is 9.90 Å². The molecule has 4 fully saturated rings. The van der Waals surface area contributed by atoms with E-state index in [0.29, 0.717) is 23.9 Å². The van der Waals surface area contributed by atoms with Gasteiger partial charge in [-0.15, -0.1) is 0 Å². The first-order chi connectivity index (χ1) is 20.6. The van der Waals surface area contributed by atoms with Gasteiger partial charge in [-0.1, -0.05) is 0 Å². The molecule has 2 saturated heterocycles. The van der Waals surface area contributed by atoms with Crippen molar-refractivity contribution in [1.29, 1.82) is 0 Å². The Morgan fingerprint density at radius 2 is 1.70 bits per heavy atom. The topological polar surface area (TPSA) is 272 Å². The number of hydroxylamine groups is 2. The van der Waals surface area contributed by atoms with Crippen LogP contribution in [-0.2, 0) is 19.0 Å². The van der Waals surface area contributed by atoms with Gasteiger partial charge in [0.25, 0.3) is 0 Å². The number of ether oxygens (including phenoxy) is 3. The molecule has 16 nitrogen and oxygen atoms in total. The maximum Gasteiger partial charge on any atom is 0.233 e. The third-order valence-corrected chi connectivity index (χ3v) is 7.77. The van der Waals surface area contributed by atoms with E-state index in [-0.39, 0.29) is 56.7 Å². The van der Waals surface area contributed by atoms with E-state index in [1.165, 1.54) is 0 Å². The van der Waals surface area contributed by atoms with Crippen molar-refractivity contribution in [3.8, 4) is 0 Å². The van der Waals surface area contributed by atoms with E-state index in [2.05, 4.69) is 15.4 Å². The second-order valence-corrected chi connectivity index (χ2v) is 11.4. The lowest BCUT2D eigenvalue weighted by atomic mass is 9.81. The highest BCUT2D eigenvalue weighted by Crippen LogP contribution is 2.27. The Labute approximate surface area is 254 Å². The summed E-state index contributed by atoms with van der Waals surface area (Å²) in [4.78, 5) is 9.52. The first kappa shape index (κ1) is 39.9. The van der Waals surface area contributed by atoms with Gasteiger partial charge in [-0.25, -0.2) is 5.06 Å². The van der Waals surface area contributed by atoms with Crippen LogP contribution in [0.4, 0.5) is 0 Å². The molecule has 4 rings (SSSR count). The standard InChI is InChI=1S/C18H36N4O3.C5H10O4.C3H8N2O2.CH4O/c1-21-13-7-15(20)18(16(23)8-13)25-17-4-2-3-14(24-17)10-22-9-11-5-12(19)6-11;6-3-1-4(7)5(8)9-2-3;4-1-2-5(7)3-6;1-2/h11-18,21-23H,2-10,19-20H2,1H3;3-8H,1-2H2;3,7H,1-2,4H2;2H,1H3/t11?,12?,13?,14?,15?,16?,17-,18-;;;/m1.../s1. The van der Waals surface area contributed by atoms with Crippen LogP contribution in [0.3, 0.4) is 0 Å². The van der Waals surface area contributed by atoms with Crippen LogP contribution in [0.1, 0.15) is 51.4 Å². The molecule has 2 saturated carbocycles. The van der Waals surface area contributed by atoms with Gasteiger partial charge in [-0.05, 0) is 64.5 Å². The zero-order valence-corrected chi connectivity index (χ0v) is 25.6. The van der Waals surface area contributed by atoms with Gasteiger partial charge in [-0.2, -0.15) is 0 Å². The van der Waals surface area contributed by atoms with Gasteiger partial charge in [0.05, 0.1) is 31.5 Å². The number of carbonyl (C=O) groups is 1. The zero-order valence-electron chi connectivity index (χ0n) is 25.6. The zero-order chi connectivity index (χ0) is 32.4. The SMILES string of the molecule is CNC1CC(N)[C@@H](O[C@@H]2CCCC(CNCC3CC(N)C3)O2)C(O)C1.CO.NCCN(O)C=O.OC1COC(O)C(O)C1. The summed E-state index contributed by atoms with van der Waals surface area (Å²) in [6.45, 7) is 2.47. The van der Waals surface area contributed by atoms with Gasteiger partial charge < -0.3 is 67.6 Å². The van der Waals surface area contributed by atoms with Crippen LogP contribution in [-0.4, -0.2) is 150 Å². The fourth-order valence-corrected chi connectivity index (χ4v) is 5.36. The first-order valence-electron chi connectivity index (χ1n) is 15.2. The molecule has 7 unspecified atom stereocenters. The molecule has 2 heterocycles. The van der Waals surface area contributed by atoms with Crippen molar-refractivity contribution in [2.24, 2.45) is 23.1 Å². The predicted octanol–water partition coefficient (Wildman–Crippen LogP) is -3.49. The van der Waals surface area contributed by atoms with E-state index >= 15 is 0 Å². The van der Waals surface area contributed by atoms with Crippen molar-refractivity contribution in [3.05, 3.63) is 0 Å². The minimum atomic E-state index is -1.12. The van der Waals surface area contributed by atoms with Crippen LogP contribution in [0, 0.1) is 5.92 Å². The summed E-state index contributed by atoms with van der Waals surface area (Å²) < 4.78 is 16.7. The van der Waals surface area contributed by atoms with E-state index in [1.54, 1.807) is 0 Å². The summed E-state index contributed by atoms with van der Waals surface area (Å²) in [5, 5.41) is 59.2. The third kappa shape index (κ3) is 15.6. The lowest BCUT2D eigenvalue weighted by Crippen LogP contribution is -2.56. The van der Waals surface area contributed by atoms with Gasteiger partial charge in [0.15, 0.2) is 12.6 Å². The van der Waals surface area contributed by atoms with Crippen LogP contribution in [0.2, 0.25) is 0 Å². The van der Waals surface area contributed by atoms with Crippen molar-refractivity contribution in [2.45, 2.75) is 113 Å². The molecule has 0 spiro atoms. The molecule has 43 heavy (non-hydrogen) atoms. The van der Waals surface area contributed by atoms with E-state index < -0.39 is 24.6 Å². The smallest absolute Gasteiger partial charge is 0.233 e. The quantitative estimate of drug-likeness (QED) is 0.0638. The minimum absolute atomic E-state index is 0.109. The number of hydrogen-bond donors (Lipinski definition) is 11. The molecule has 0 aromatic rings. The maximum absolute atomic E-state index is 10.4. The number of nitrogens with zero attached hydrogens (tertiary/aromatic N) is 1. The summed E-state index contributed by atoms with van der Waals surface area (Å²) in [5.41, 5.74) is 17.0. The van der Waals surface area contributed by atoms with Gasteiger partial charge in [-0.3, -0.25) is 10.0 Å². The Hall–Kier alpha value is -1.09. The number of nitrogens with one attached hydrogen (secondary N) is 2. The molecule has 9 atom stereocenters. The molecule has 4 aliphatic rings. The molecule has 256 valence electrons. The molecular weight excluding hydrogens is 568 g/mol. The number of hydrogen-bond acceptors (Lipinski definition) is 15. The van der Waals surface area contributed by atoms with Gasteiger partial charge in [0, 0.05) is 44.7 Å². The number of aliphatic hydroxyl groups is 5. The second-order valence-electron chi connectivity index (χ2n) is 11.4. The van der Waals surface area contributed by atoms with Gasteiger partial charge >= 0.3 is 0 Å². The van der Waals surface area contributed by atoms with Crippen molar-refractivity contribution >= 4 is 6.41 Å².